The van der Waals surface area contributed by atoms with Gasteiger partial charge >= 0.3 is 0 Å². The molecule has 4 heteroatoms. The summed E-state index contributed by atoms with van der Waals surface area (Å²) in [5.74, 6) is 0. The van der Waals surface area contributed by atoms with Crippen molar-refractivity contribution in [1.29, 1.82) is 0 Å². The molecule has 0 aromatic heterocycles. The van der Waals surface area contributed by atoms with Gasteiger partial charge in [-0.25, -0.2) is 0 Å². The molecule has 0 heterocycles. The topological polar surface area (TPSA) is 26.0 Å². The molecule has 0 bridgehead atoms. The van der Waals surface area contributed by atoms with Gasteiger partial charge in [-0.3, -0.25) is 0 Å². The first-order valence-corrected chi connectivity index (χ1v) is 3.68. The van der Waals surface area contributed by atoms with E-state index in [1.807, 2.05) is 13.8 Å². The zero-order valence-corrected chi connectivity index (χ0v) is 7.87. The zero-order chi connectivity index (χ0) is 7.65. The average Bonchev–Trinajstić information content (AvgIpc) is 1.65. The zero-order valence-electron chi connectivity index (χ0n) is 5.34. The summed E-state index contributed by atoms with van der Waals surface area (Å²) in [4.78, 5) is 0.391. The highest BCUT2D eigenvalue weighted by molar-refractivity contribution is 8.11. The standard InChI is InChI=1S/C5H9NS3/c1-5(2,3(6)7)4(8)9/h1-2H3,(H2,6,7)(H,8,9). The Morgan fingerprint density at radius 1 is 1.44 bits per heavy atom. The maximum absolute atomic E-state index is 5.37. The first-order valence-electron chi connectivity index (χ1n) is 2.42. The first-order chi connectivity index (χ1) is 3.89. The minimum atomic E-state index is -0.395. The van der Waals surface area contributed by atoms with Crippen molar-refractivity contribution in [3.8, 4) is 0 Å². The fraction of sp³-hybridized carbons (Fsp3) is 0.600. The average molecular weight is 179 g/mol. The van der Waals surface area contributed by atoms with Crippen LogP contribution in [-0.2, 0) is 0 Å². The molecule has 0 radical (unpaired) electrons. The molecule has 0 amide bonds. The number of nitrogens with two attached hydrogens (primary N) is 1. The molecule has 0 spiro atoms. The molecule has 0 unspecified atom stereocenters. The Labute approximate surface area is 71.4 Å². The van der Waals surface area contributed by atoms with Crippen molar-refractivity contribution in [2.45, 2.75) is 13.8 Å². The lowest BCUT2D eigenvalue weighted by molar-refractivity contribution is 0.757. The fourth-order valence-electron chi connectivity index (χ4n) is 0.105. The molecule has 0 aromatic carbocycles. The van der Waals surface area contributed by atoms with Crippen LogP contribution in [0, 0.1) is 5.41 Å². The Kier molecular flexibility index (Phi) is 3.05. The summed E-state index contributed by atoms with van der Waals surface area (Å²) < 4.78 is 0.537. The van der Waals surface area contributed by atoms with E-state index in [1.54, 1.807) is 0 Å². The molecule has 0 aliphatic heterocycles. The quantitative estimate of drug-likeness (QED) is 0.497. The van der Waals surface area contributed by atoms with Crippen molar-refractivity contribution >= 4 is 46.2 Å². The monoisotopic (exact) mass is 179 g/mol. The predicted octanol–water partition coefficient (Wildman–Crippen LogP) is 1.56. The van der Waals surface area contributed by atoms with Crippen molar-refractivity contribution in [1.82, 2.24) is 0 Å². The van der Waals surface area contributed by atoms with Crippen molar-refractivity contribution in [3.05, 3.63) is 0 Å². The van der Waals surface area contributed by atoms with E-state index >= 15 is 0 Å². The van der Waals surface area contributed by atoms with Crippen LogP contribution in [0.1, 0.15) is 13.8 Å². The van der Waals surface area contributed by atoms with E-state index in [0.29, 0.717) is 9.19 Å². The Bertz CT molecular complexity index is 134. The maximum atomic E-state index is 5.37. The van der Waals surface area contributed by atoms with E-state index in [2.05, 4.69) is 12.6 Å². The van der Waals surface area contributed by atoms with E-state index in [-0.39, 0.29) is 0 Å². The molecular weight excluding hydrogens is 170 g/mol. The van der Waals surface area contributed by atoms with Crippen LogP contribution < -0.4 is 5.73 Å². The van der Waals surface area contributed by atoms with Gasteiger partial charge in [0, 0.05) is 0 Å². The number of hydrogen-bond donors (Lipinski definition) is 2. The molecule has 1 nitrogen and oxygen atoms in total. The Morgan fingerprint density at radius 2 is 1.78 bits per heavy atom. The van der Waals surface area contributed by atoms with Gasteiger partial charge in [-0.05, 0) is 13.8 Å². The SMILES string of the molecule is CC(C)(C(N)=S)C(=S)S. The molecule has 0 saturated heterocycles. The summed E-state index contributed by atoms with van der Waals surface area (Å²) >= 11 is 13.5. The van der Waals surface area contributed by atoms with Gasteiger partial charge in [-0.1, -0.05) is 24.4 Å². The van der Waals surface area contributed by atoms with Crippen LogP contribution in [0.5, 0.6) is 0 Å². The Hall–Kier alpha value is 0.330. The third kappa shape index (κ3) is 2.20. The van der Waals surface area contributed by atoms with Gasteiger partial charge in [0.1, 0.15) is 0 Å². The molecule has 0 aliphatic rings. The molecule has 0 aromatic rings. The highest BCUT2D eigenvalue weighted by atomic mass is 32.1. The minimum absolute atomic E-state index is 0.391. The van der Waals surface area contributed by atoms with Crippen molar-refractivity contribution in [2.24, 2.45) is 11.1 Å². The lowest BCUT2D eigenvalue weighted by Gasteiger charge is -2.20. The van der Waals surface area contributed by atoms with Crippen LogP contribution in [0.3, 0.4) is 0 Å². The third-order valence-corrected chi connectivity index (χ3v) is 2.73. The van der Waals surface area contributed by atoms with Gasteiger partial charge in [-0.15, -0.1) is 12.6 Å². The van der Waals surface area contributed by atoms with Crippen LogP contribution in [0.15, 0.2) is 0 Å². The van der Waals surface area contributed by atoms with Crippen LogP contribution in [0.4, 0.5) is 0 Å². The number of hydrogen-bond acceptors (Lipinski definition) is 2. The molecule has 0 fully saturated rings. The number of thiol groups is 1. The first kappa shape index (κ1) is 9.33. The van der Waals surface area contributed by atoms with E-state index in [1.165, 1.54) is 0 Å². The molecule has 9 heavy (non-hydrogen) atoms. The van der Waals surface area contributed by atoms with Gasteiger partial charge in [0.15, 0.2) is 0 Å². The maximum Gasteiger partial charge on any atom is 0.0842 e. The number of thiocarbonyl (C=S) groups is 2. The molecule has 0 aliphatic carbocycles. The van der Waals surface area contributed by atoms with Crippen LogP contribution in [-0.4, -0.2) is 9.19 Å². The predicted molar refractivity (Wildman–Crippen MR) is 52.2 cm³/mol. The van der Waals surface area contributed by atoms with Crippen LogP contribution >= 0.6 is 37.1 Å². The van der Waals surface area contributed by atoms with Crippen LogP contribution in [0.25, 0.3) is 0 Å². The Balaban J connectivity index is 4.38. The third-order valence-electron chi connectivity index (χ3n) is 1.15. The second-order valence-corrected chi connectivity index (χ2v) is 3.89. The second kappa shape index (κ2) is 2.94. The van der Waals surface area contributed by atoms with Gasteiger partial charge in [0.05, 0.1) is 14.6 Å². The lowest BCUT2D eigenvalue weighted by Crippen LogP contribution is -2.33. The molecule has 0 rings (SSSR count). The highest BCUT2D eigenvalue weighted by Crippen LogP contribution is 2.19. The summed E-state index contributed by atoms with van der Waals surface area (Å²) in [6.07, 6.45) is 0. The van der Waals surface area contributed by atoms with E-state index in [0.717, 1.165) is 0 Å². The van der Waals surface area contributed by atoms with E-state index in [9.17, 15) is 0 Å². The van der Waals surface area contributed by atoms with Gasteiger partial charge < -0.3 is 5.73 Å². The minimum Gasteiger partial charge on any atom is -0.393 e. The highest BCUT2D eigenvalue weighted by Gasteiger charge is 2.23. The van der Waals surface area contributed by atoms with Crippen molar-refractivity contribution < 1.29 is 0 Å². The summed E-state index contributed by atoms with van der Waals surface area (Å²) in [5.41, 5.74) is 4.97. The largest absolute Gasteiger partial charge is 0.393 e. The molecule has 2 N–H and O–H groups in total. The van der Waals surface area contributed by atoms with Gasteiger partial charge in [0.25, 0.3) is 0 Å². The number of rotatable bonds is 2. The lowest BCUT2D eigenvalue weighted by atomic mass is 9.97. The summed E-state index contributed by atoms with van der Waals surface area (Å²) in [6.45, 7) is 3.70. The molecule has 0 atom stereocenters. The Morgan fingerprint density at radius 3 is 1.78 bits per heavy atom. The van der Waals surface area contributed by atoms with E-state index in [4.69, 9.17) is 30.2 Å². The summed E-state index contributed by atoms with van der Waals surface area (Å²) in [5, 5.41) is 0. The van der Waals surface area contributed by atoms with E-state index < -0.39 is 5.41 Å². The molecule has 52 valence electrons. The van der Waals surface area contributed by atoms with Gasteiger partial charge in [0.2, 0.25) is 0 Å². The fourth-order valence-corrected chi connectivity index (χ4v) is 0.578. The molecular formula is C5H9NS3. The normalized spacial score (nSPS) is 11.0. The molecule has 0 saturated carbocycles. The smallest absolute Gasteiger partial charge is 0.0842 e. The summed E-state index contributed by atoms with van der Waals surface area (Å²) in [6, 6.07) is 0. The summed E-state index contributed by atoms with van der Waals surface area (Å²) in [7, 11) is 0. The van der Waals surface area contributed by atoms with Crippen LogP contribution in [0.2, 0.25) is 0 Å². The van der Waals surface area contributed by atoms with Gasteiger partial charge in [-0.2, -0.15) is 0 Å². The second-order valence-electron chi connectivity index (χ2n) is 2.29. The van der Waals surface area contributed by atoms with Crippen molar-refractivity contribution in [3.63, 3.8) is 0 Å². The van der Waals surface area contributed by atoms with Crippen molar-refractivity contribution in [2.75, 3.05) is 0 Å².